The molecule has 0 aromatic heterocycles. The van der Waals surface area contributed by atoms with E-state index in [-0.39, 0.29) is 5.91 Å². The van der Waals surface area contributed by atoms with E-state index in [1.54, 1.807) is 0 Å². The van der Waals surface area contributed by atoms with Crippen molar-refractivity contribution in [1.82, 2.24) is 9.80 Å². The average molecular weight is 248 g/mol. The first-order valence-corrected chi connectivity index (χ1v) is 6.71. The quantitative estimate of drug-likeness (QED) is 0.762. The minimum atomic E-state index is 0.164. The zero-order chi connectivity index (χ0) is 13.5. The van der Waals surface area contributed by atoms with Gasteiger partial charge in [0.2, 0.25) is 0 Å². The maximum Gasteiger partial charge on any atom is 0.253 e. The van der Waals surface area contributed by atoms with Crippen LogP contribution in [0, 0.1) is 6.92 Å². The molecular formula is C15H24N2O. The summed E-state index contributed by atoms with van der Waals surface area (Å²) in [4.78, 5) is 16.4. The molecule has 100 valence electrons. The summed E-state index contributed by atoms with van der Waals surface area (Å²) < 4.78 is 0. The van der Waals surface area contributed by atoms with Gasteiger partial charge in [-0.15, -0.1) is 0 Å². The molecule has 18 heavy (non-hydrogen) atoms. The Labute approximate surface area is 110 Å². The standard InChI is InChI=1S/C13H18N2O.C2H6/c1-11-4-3-5-12(10-11)13(16)15-8-6-14(2)7-9-15;1-2/h3-5,10H,6-9H2,1-2H3;1-2H3. The van der Waals surface area contributed by atoms with E-state index in [4.69, 9.17) is 0 Å². The second-order valence-electron chi connectivity index (χ2n) is 4.46. The van der Waals surface area contributed by atoms with Gasteiger partial charge >= 0.3 is 0 Å². The smallest absolute Gasteiger partial charge is 0.253 e. The van der Waals surface area contributed by atoms with Crippen molar-refractivity contribution in [2.45, 2.75) is 20.8 Å². The zero-order valence-corrected chi connectivity index (χ0v) is 11.9. The van der Waals surface area contributed by atoms with E-state index < -0.39 is 0 Å². The van der Waals surface area contributed by atoms with Crippen molar-refractivity contribution in [1.29, 1.82) is 0 Å². The first-order chi connectivity index (χ1) is 8.66. The molecule has 1 aliphatic heterocycles. The highest BCUT2D eigenvalue weighted by Gasteiger charge is 2.19. The number of benzene rings is 1. The Bertz CT molecular complexity index is 382. The molecule has 0 atom stereocenters. The monoisotopic (exact) mass is 248 g/mol. The normalized spacial score (nSPS) is 15.9. The summed E-state index contributed by atoms with van der Waals surface area (Å²) in [7, 11) is 2.09. The molecule has 1 aromatic rings. The van der Waals surface area contributed by atoms with Gasteiger partial charge in [0, 0.05) is 31.7 Å². The van der Waals surface area contributed by atoms with Crippen molar-refractivity contribution in [3.8, 4) is 0 Å². The van der Waals surface area contributed by atoms with E-state index in [2.05, 4.69) is 11.9 Å². The van der Waals surface area contributed by atoms with Crippen molar-refractivity contribution in [2.24, 2.45) is 0 Å². The minimum absolute atomic E-state index is 0.164. The summed E-state index contributed by atoms with van der Waals surface area (Å²) in [5, 5.41) is 0. The van der Waals surface area contributed by atoms with Crippen LogP contribution in [0.4, 0.5) is 0 Å². The van der Waals surface area contributed by atoms with E-state index >= 15 is 0 Å². The van der Waals surface area contributed by atoms with Gasteiger partial charge in [0.25, 0.3) is 5.91 Å². The van der Waals surface area contributed by atoms with Crippen LogP contribution in [0.3, 0.4) is 0 Å². The first-order valence-electron chi connectivity index (χ1n) is 6.71. The number of likely N-dealkylation sites (N-methyl/N-ethyl adjacent to an activating group) is 1. The molecule has 2 rings (SSSR count). The van der Waals surface area contributed by atoms with E-state index in [1.807, 2.05) is 49.9 Å². The number of hydrogen-bond donors (Lipinski definition) is 0. The van der Waals surface area contributed by atoms with E-state index in [9.17, 15) is 4.79 Å². The lowest BCUT2D eigenvalue weighted by molar-refractivity contribution is 0.0664. The Morgan fingerprint density at radius 1 is 1.11 bits per heavy atom. The van der Waals surface area contributed by atoms with Crippen LogP contribution in [-0.2, 0) is 0 Å². The highest BCUT2D eigenvalue weighted by molar-refractivity contribution is 5.94. The number of piperazine rings is 1. The maximum atomic E-state index is 12.2. The molecule has 0 aliphatic carbocycles. The van der Waals surface area contributed by atoms with E-state index in [0.717, 1.165) is 37.3 Å². The van der Waals surface area contributed by atoms with Crippen LogP contribution in [-0.4, -0.2) is 48.9 Å². The molecule has 1 fully saturated rings. The Morgan fingerprint density at radius 3 is 2.28 bits per heavy atom. The molecule has 0 radical (unpaired) electrons. The van der Waals surface area contributed by atoms with E-state index in [1.165, 1.54) is 0 Å². The van der Waals surface area contributed by atoms with Crippen LogP contribution in [0.15, 0.2) is 24.3 Å². The van der Waals surface area contributed by atoms with Crippen molar-refractivity contribution < 1.29 is 4.79 Å². The summed E-state index contributed by atoms with van der Waals surface area (Å²) in [5.74, 6) is 0.164. The predicted molar refractivity (Wildman–Crippen MR) is 75.9 cm³/mol. The van der Waals surface area contributed by atoms with Crippen LogP contribution < -0.4 is 0 Å². The molecule has 1 saturated heterocycles. The molecule has 3 heteroatoms. The third-order valence-corrected chi connectivity index (χ3v) is 3.06. The van der Waals surface area contributed by atoms with Gasteiger partial charge in [-0.3, -0.25) is 4.79 Å². The number of hydrogen-bond acceptors (Lipinski definition) is 2. The van der Waals surface area contributed by atoms with Crippen LogP contribution >= 0.6 is 0 Å². The number of amides is 1. The molecule has 1 aliphatic rings. The minimum Gasteiger partial charge on any atom is -0.336 e. The van der Waals surface area contributed by atoms with Crippen LogP contribution in [0.2, 0.25) is 0 Å². The lowest BCUT2D eigenvalue weighted by atomic mass is 10.1. The summed E-state index contributed by atoms with van der Waals surface area (Å²) in [6.07, 6.45) is 0. The number of aryl methyl sites for hydroxylation is 1. The summed E-state index contributed by atoms with van der Waals surface area (Å²) >= 11 is 0. The van der Waals surface area contributed by atoms with Gasteiger partial charge in [0.05, 0.1) is 0 Å². The third-order valence-electron chi connectivity index (χ3n) is 3.06. The molecule has 1 amide bonds. The molecule has 1 heterocycles. The van der Waals surface area contributed by atoms with Gasteiger partial charge < -0.3 is 9.80 Å². The number of rotatable bonds is 1. The Kier molecular flexibility index (Phi) is 5.86. The zero-order valence-electron chi connectivity index (χ0n) is 11.9. The Hall–Kier alpha value is -1.35. The fourth-order valence-corrected chi connectivity index (χ4v) is 1.97. The topological polar surface area (TPSA) is 23.6 Å². The average Bonchev–Trinajstić information content (AvgIpc) is 2.41. The molecule has 1 aromatic carbocycles. The Balaban J connectivity index is 0.000000771. The van der Waals surface area contributed by atoms with Crippen LogP contribution in [0.25, 0.3) is 0 Å². The fraction of sp³-hybridized carbons (Fsp3) is 0.533. The van der Waals surface area contributed by atoms with Crippen molar-refractivity contribution >= 4 is 5.91 Å². The van der Waals surface area contributed by atoms with Gasteiger partial charge in [-0.25, -0.2) is 0 Å². The van der Waals surface area contributed by atoms with Gasteiger partial charge in [-0.1, -0.05) is 31.5 Å². The van der Waals surface area contributed by atoms with Gasteiger partial charge in [0.15, 0.2) is 0 Å². The van der Waals surface area contributed by atoms with E-state index in [0.29, 0.717) is 0 Å². The number of carbonyl (C=O) groups excluding carboxylic acids is 1. The number of nitrogens with zero attached hydrogens (tertiary/aromatic N) is 2. The van der Waals surface area contributed by atoms with Crippen LogP contribution in [0.5, 0.6) is 0 Å². The lowest BCUT2D eigenvalue weighted by Gasteiger charge is -2.32. The lowest BCUT2D eigenvalue weighted by Crippen LogP contribution is -2.47. The summed E-state index contributed by atoms with van der Waals surface area (Å²) in [6.45, 7) is 9.63. The van der Waals surface area contributed by atoms with Gasteiger partial charge in [0.1, 0.15) is 0 Å². The molecule has 0 bridgehead atoms. The maximum absolute atomic E-state index is 12.2. The van der Waals surface area contributed by atoms with Crippen molar-refractivity contribution in [2.75, 3.05) is 33.2 Å². The molecule has 3 nitrogen and oxygen atoms in total. The predicted octanol–water partition coefficient (Wildman–Crippen LogP) is 2.41. The fourth-order valence-electron chi connectivity index (χ4n) is 1.97. The second-order valence-corrected chi connectivity index (χ2v) is 4.46. The molecular weight excluding hydrogens is 224 g/mol. The van der Waals surface area contributed by atoms with Crippen molar-refractivity contribution in [3.63, 3.8) is 0 Å². The van der Waals surface area contributed by atoms with Crippen LogP contribution in [0.1, 0.15) is 29.8 Å². The summed E-state index contributed by atoms with van der Waals surface area (Å²) in [6, 6.07) is 7.81. The highest BCUT2D eigenvalue weighted by Crippen LogP contribution is 2.09. The molecule has 0 spiro atoms. The molecule has 0 unspecified atom stereocenters. The van der Waals surface area contributed by atoms with Crippen molar-refractivity contribution in [3.05, 3.63) is 35.4 Å². The molecule has 0 saturated carbocycles. The first kappa shape index (κ1) is 14.7. The van der Waals surface area contributed by atoms with Gasteiger partial charge in [-0.2, -0.15) is 0 Å². The third kappa shape index (κ3) is 3.84. The SMILES string of the molecule is CC.Cc1cccc(C(=O)N2CCN(C)CC2)c1. The second kappa shape index (κ2) is 7.17. The van der Waals surface area contributed by atoms with Gasteiger partial charge in [-0.05, 0) is 26.1 Å². The highest BCUT2D eigenvalue weighted by atomic mass is 16.2. The largest absolute Gasteiger partial charge is 0.336 e. The Morgan fingerprint density at radius 2 is 1.72 bits per heavy atom. The summed E-state index contributed by atoms with van der Waals surface area (Å²) in [5.41, 5.74) is 1.95. The number of carbonyl (C=O) groups is 1. The molecule has 0 N–H and O–H groups in total.